The van der Waals surface area contributed by atoms with Crippen molar-refractivity contribution in [1.82, 2.24) is 14.5 Å². The number of nitrogens with one attached hydrogen (secondary N) is 1. The quantitative estimate of drug-likeness (QED) is 0.525. The third kappa shape index (κ3) is 4.89. The fourth-order valence-electron chi connectivity index (χ4n) is 4.19. The van der Waals surface area contributed by atoms with E-state index in [-0.39, 0.29) is 23.6 Å². The maximum Gasteiger partial charge on any atom is 0.286 e. The van der Waals surface area contributed by atoms with Gasteiger partial charge in [-0.15, -0.1) is 10.2 Å². The first-order valence-corrected chi connectivity index (χ1v) is 13.7. The van der Waals surface area contributed by atoms with Crippen LogP contribution in [0.4, 0.5) is 5.69 Å². The average Bonchev–Trinajstić information content (AvgIpc) is 3.54. The second kappa shape index (κ2) is 9.56. The fraction of sp³-hybridized carbons (Fsp3) is 0.375. The molecule has 1 aromatic heterocycles. The largest absolute Gasteiger partial charge is 0.454 e. The van der Waals surface area contributed by atoms with Crippen LogP contribution in [0.5, 0.6) is 11.5 Å². The minimum absolute atomic E-state index is 0.113. The molecule has 1 saturated heterocycles. The number of rotatable bonds is 6. The molecule has 2 aliphatic rings. The summed E-state index contributed by atoms with van der Waals surface area (Å²) in [4.78, 5) is 13.0. The van der Waals surface area contributed by atoms with Crippen LogP contribution in [0.25, 0.3) is 0 Å². The third-order valence-electron chi connectivity index (χ3n) is 6.18. The summed E-state index contributed by atoms with van der Waals surface area (Å²) in [7, 11) is -3.61. The highest BCUT2D eigenvalue weighted by Gasteiger charge is 2.33. The molecule has 5 rings (SSSR count). The van der Waals surface area contributed by atoms with Crippen molar-refractivity contribution < 1.29 is 22.7 Å². The molecule has 9 nitrogen and oxygen atoms in total. The Morgan fingerprint density at radius 2 is 1.89 bits per heavy atom. The summed E-state index contributed by atoms with van der Waals surface area (Å²) in [6.07, 6.45) is 1.50. The zero-order valence-electron chi connectivity index (χ0n) is 19.4. The molecule has 1 amide bonds. The Labute approximate surface area is 208 Å². The lowest BCUT2D eigenvalue weighted by atomic mass is 10.0. The Balaban J connectivity index is 1.27. The van der Waals surface area contributed by atoms with E-state index in [0.29, 0.717) is 52.5 Å². The molecule has 2 aliphatic heterocycles. The average molecular weight is 515 g/mol. The van der Waals surface area contributed by atoms with E-state index in [2.05, 4.69) is 29.4 Å². The maximum absolute atomic E-state index is 13.3. The van der Waals surface area contributed by atoms with Gasteiger partial charge in [-0.05, 0) is 48.6 Å². The van der Waals surface area contributed by atoms with Crippen molar-refractivity contribution in [2.45, 2.75) is 43.4 Å². The van der Waals surface area contributed by atoms with Gasteiger partial charge in [-0.25, -0.2) is 8.42 Å². The summed E-state index contributed by atoms with van der Waals surface area (Å²) in [6.45, 7) is 5.08. The first kappa shape index (κ1) is 23.7. The molecule has 0 aliphatic carbocycles. The highest BCUT2D eigenvalue weighted by molar-refractivity contribution is 7.89. The predicted molar refractivity (Wildman–Crippen MR) is 132 cm³/mol. The lowest BCUT2D eigenvalue weighted by molar-refractivity contribution is 0.102. The van der Waals surface area contributed by atoms with Crippen molar-refractivity contribution >= 4 is 33.0 Å². The van der Waals surface area contributed by atoms with E-state index >= 15 is 0 Å². The highest BCUT2D eigenvalue weighted by Crippen LogP contribution is 2.35. The van der Waals surface area contributed by atoms with Gasteiger partial charge in [0.1, 0.15) is 5.01 Å². The van der Waals surface area contributed by atoms with E-state index in [1.807, 2.05) is 12.1 Å². The molecule has 1 atom stereocenters. The van der Waals surface area contributed by atoms with E-state index in [0.717, 1.165) is 12.0 Å². The lowest BCUT2D eigenvalue weighted by Gasteiger charge is -2.30. The van der Waals surface area contributed by atoms with Crippen LogP contribution in [0, 0.1) is 0 Å². The molecule has 0 saturated carbocycles. The first-order valence-electron chi connectivity index (χ1n) is 11.5. The number of hydrogen-bond acceptors (Lipinski definition) is 8. The monoisotopic (exact) mass is 514 g/mol. The highest BCUT2D eigenvalue weighted by atomic mass is 32.2. The summed E-state index contributed by atoms with van der Waals surface area (Å²) in [6, 6.07) is 12.3. The van der Waals surface area contributed by atoms with Crippen LogP contribution in [-0.2, 0) is 10.0 Å². The molecule has 35 heavy (non-hydrogen) atoms. The van der Waals surface area contributed by atoms with Crippen LogP contribution in [0.15, 0.2) is 47.4 Å². The Bertz CT molecular complexity index is 1340. The molecule has 0 spiro atoms. The van der Waals surface area contributed by atoms with E-state index in [1.54, 1.807) is 30.3 Å². The molecule has 0 unspecified atom stereocenters. The van der Waals surface area contributed by atoms with E-state index in [4.69, 9.17) is 9.47 Å². The Kier molecular flexibility index (Phi) is 6.47. The number of aromatic nitrogens is 2. The molecule has 1 N–H and O–H groups in total. The predicted octanol–water partition coefficient (Wildman–Crippen LogP) is 4.21. The molecule has 2 aromatic carbocycles. The molecule has 3 heterocycles. The van der Waals surface area contributed by atoms with Crippen molar-refractivity contribution in [3.63, 3.8) is 0 Å². The van der Waals surface area contributed by atoms with Crippen molar-refractivity contribution in [2.24, 2.45) is 0 Å². The number of fused-ring (bicyclic) bond motifs is 1. The van der Waals surface area contributed by atoms with Crippen LogP contribution in [0.1, 0.15) is 58.9 Å². The van der Waals surface area contributed by atoms with Gasteiger partial charge in [-0.1, -0.05) is 37.3 Å². The summed E-state index contributed by atoms with van der Waals surface area (Å²) >= 11 is 1.19. The van der Waals surface area contributed by atoms with Gasteiger partial charge < -0.3 is 14.8 Å². The molecular weight excluding hydrogens is 488 g/mol. The second-order valence-electron chi connectivity index (χ2n) is 8.89. The molecule has 0 radical (unpaired) electrons. The van der Waals surface area contributed by atoms with Gasteiger partial charge in [0.2, 0.25) is 21.8 Å². The molecule has 11 heteroatoms. The number of carbonyl (C=O) groups excluding carboxylic acids is 1. The summed E-state index contributed by atoms with van der Waals surface area (Å²) < 4.78 is 38.6. The van der Waals surface area contributed by atoms with E-state index in [9.17, 15) is 13.2 Å². The fourth-order valence-corrected chi connectivity index (χ4v) is 6.57. The number of hydrogen-bond donors (Lipinski definition) is 1. The number of piperidine rings is 1. The number of nitrogens with zero attached hydrogens (tertiary/aromatic N) is 3. The van der Waals surface area contributed by atoms with Crippen molar-refractivity contribution in [3.8, 4) is 11.5 Å². The SMILES string of the molecule is CC(C)c1ccc(S(=O)(=O)N2CCC[C@@H](c3nnc(C(=O)Nc4ccc5c(c4)OCO5)s3)C2)cc1. The van der Waals surface area contributed by atoms with Crippen molar-refractivity contribution in [3.05, 3.63) is 58.0 Å². The summed E-state index contributed by atoms with van der Waals surface area (Å²) in [5, 5.41) is 12.0. The number of amides is 1. The number of ether oxygens (including phenoxy) is 2. The van der Waals surface area contributed by atoms with Gasteiger partial charge in [0, 0.05) is 30.8 Å². The second-order valence-corrected chi connectivity index (χ2v) is 11.8. The minimum atomic E-state index is -3.61. The normalized spacial score (nSPS) is 18.1. The zero-order valence-corrected chi connectivity index (χ0v) is 21.1. The van der Waals surface area contributed by atoms with Crippen molar-refractivity contribution in [2.75, 3.05) is 25.2 Å². The van der Waals surface area contributed by atoms with E-state index < -0.39 is 10.0 Å². The molecule has 1 fully saturated rings. The molecule has 3 aromatic rings. The Morgan fingerprint density at radius 1 is 1.11 bits per heavy atom. The first-order chi connectivity index (χ1) is 16.8. The van der Waals surface area contributed by atoms with Crippen LogP contribution >= 0.6 is 11.3 Å². The van der Waals surface area contributed by atoms with Gasteiger partial charge in [-0.2, -0.15) is 4.31 Å². The number of carbonyl (C=O) groups is 1. The van der Waals surface area contributed by atoms with Crippen LogP contribution in [-0.4, -0.2) is 48.7 Å². The molecular formula is C24H26N4O5S2. The lowest BCUT2D eigenvalue weighted by Crippen LogP contribution is -2.39. The summed E-state index contributed by atoms with van der Waals surface area (Å²) in [5.41, 5.74) is 1.66. The Morgan fingerprint density at radius 3 is 2.66 bits per heavy atom. The topological polar surface area (TPSA) is 111 Å². The zero-order chi connectivity index (χ0) is 24.6. The minimum Gasteiger partial charge on any atom is -0.454 e. The number of anilines is 1. The van der Waals surface area contributed by atoms with E-state index in [1.165, 1.54) is 15.6 Å². The van der Waals surface area contributed by atoms with Crippen LogP contribution in [0.3, 0.4) is 0 Å². The third-order valence-corrected chi connectivity index (χ3v) is 9.15. The van der Waals surface area contributed by atoms with Gasteiger partial charge in [-0.3, -0.25) is 4.79 Å². The Hall–Kier alpha value is -3.02. The van der Waals surface area contributed by atoms with Crippen molar-refractivity contribution in [1.29, 1.82) is 0 Å². The van der Waals surface area contributed by atoms with Crippen LogP contribution in [0.2, 0.25) is 0 Å². The maximum atomic E-state index is 13.3. The van der Waals surface area contributed by atoms with Gasteiger partial charge in [0.05, 0.1) is 4.90 Å². The van der Waals surface area contributed by atoms with Gasteiger partial charge in [0.25, 0.3) is 5.91 Å². The smallest absolute Gasteiger partial charge is 0.286 e. The van der Waals surface area contributed by atoms with Gasteiger partial charge >= 0.3 is 0 Å². The number of benzene rings is 2. The summed E-state index contributed by atoms with van der Waals surface area (Å²) in [5.74, 6) is 1.05. The molecule has 0 bridgehead atoms. The standard InChI is InChI=1S/C24H26N4O5S2/c1-15(2)16-5-8-19(9-6-16)35(30,31)28-11-3-4-17(13-28)23-26-27-24(34-23)22(29)25-18-7-10-20-21(12-18)33-14-32-20/h5-10,12,15,17H,3-4,11,13-14H2,1-2H3,(H,25,29)/t17-/m1/s1. The molecule has 184 valence electrons. The van der Waals surface area contributed by atoms with Gasteiger partial charge in [0.15, 0.2) is 11.5 Å². The number of sulfonamides is 1. The van der Waals surface area contributed by atoms with Crippen LogP contribution < -0.4 is 14.8 Å².